The zero-order valence-corrected chi connectivity index (χ0v) is 11.4. The fourth-order valence-corrected chi connectivity index (χ4v) is 2.09. The van der Waals surface area contributed by atoms with Crippen LogP contribution in [0.5, 0.6) is 0 Å². The standard InChI is InChI=1S/C13H22N2OS/c1-16-10-12(4-3-9-14)15-11-5-7-13(17-2)8-6-11/h5-8,12,15H,3-4,9-10,14H2,1-2H3. The van der Waals surface area contributed by atoms with E-state index >= 15 is 0 Å². The SMILES string of the molecule is COCC(CCCN)Nc1ccc(SC)cc1. The van der Waals surface area contributed by atoms with Gasteiger partial charge in [-0.3, -0.25) is 0 Å². The number of rotatable bonds is 8. The molecule has 0 aliphatic carbocycles. The summed E-state index contributed by atoms with van der Waals surface area (Å²) < 4.78 is 5.21. The van der Waals surface area contributed by atoms with Crippen LogP contribution in [0.4, 0.5) is 5.69 Å². The van der Waals surface area contributed by atoms with Gasteiger partial charge in [-0.1, -0.05) is 0 Å². The molecule has 0 spiro atoms. The summed E-state index contributed by atoms with van der Waals surface area (Å²) in [5.74, 6) is 0. The summed E-state index contributed by atoms with van der Waals surface area (Å²) in [4.78, 5) is 1.28. The number of nitrogens with two attached hydrogens (primary N) is 1. The Balaban J connectivity index is 2.51. The first-order valence-corrected chi connectivity index (χ1v) is 7.12. The molecular weight excluding hydrogens is 232 g/mol. The van der Waals surface area contributed by atoms with Crippen LogP contribution in [-0.2, 0) is 4.74 Å². The Morgan fingerprint density at radius 2 is 2.06 bits per heavy atom. The summed E-state index contributed by atoms with van der Waals surface area (Å²) in [7, 11) is 1.73. The first-order valence-electron chi connectivity index (χ1n) is 5.89. The van der Waals surface area contributed by atoms with Gasteiger partial charge in [0.05, 0.1) is 6.61 Å². The molecule has 0 bridgehead atoms. The van der Waals surface area contributed by atoms with Gasteiger partial charge in [0.2, 0.25) is 0 Å². The second kappa shape index (κ2) is 8.39. The van der Waals surface area contributed by atoms with Crippen molar-refractivity contribution in [3.63, 3.8) is 0 Å². The maximum atomic E-state index is 5.53. The summed E-state index contributed by atoms with van der Waals surface area (Å²) in [5.41, 5.74) is 6.67. The molecule has 0 fully saturated rings. The Kier molecular flexibility index (Phi) is 7.08. The molecule has 1 rings (SSSR count). The summed E-state index contributed by atoms with van der Waals surface area (Å²) in [5, 5.41) is 3.48. The fourth-order valence-electron chi connectivity index (χ4n) is 1.69. The number of anilines is 1. The Labute approximate surface area is 108 Å². The molecule has 1 atom stereocenters. The number of methoxy groups -OCH3 is 1. The maximum Gasteiger partial charge on any atom is 0.0664 e. The molecule has 3 N–H and O–H groups in total. The van der Waals surface area contributed by atoms with Gasteiger partial charge in [-0.25, -0.2) is 0 Å². The first kappa shape index (κ1) is 14.4. The van der Waals surface area contributed by atoms with Crippen LogP contribution in [0.1, 0.15) is 12.8 Å². The van der Waals surface area contributed by atoms with Crippen LogP contribution in [0.25, 0.3) is 0 Å². The van der Waals surface area contributed by atoms with Crippen LogP contribution in [0.15, 0.2) is 29.2 Å². The Hall–Kier alpha value is -0.710. The van der Waals surface area contributed by atoms with Crippen LogP contribution in [0, 0.1) is 0 Å². The number of hydrogen-bond acceptors (Lipinski definition) is 4. The molecule has 0 amide bonds. The second-order valence-electron chi connectivity index (χ2n) is 3.96. The monoisotopic (exact) mass is 254 g/mol. The highest BCUT2D eigenvalue weighted by Crippen LogP contribution is 2.18. The van der Waals surface area contributed by atoms with Gasteiger partial charge in [-0.05, 0) is 49.9 Å². The van der Waals surface area contributed by atoms with Crippen LogP contribution >= 0.6 is 11.8 Å². The lowest BCUT2D eigenvalue weighted by molar-refractivity contribution is 0.182. The zero-order chi connectivity index (χ0) is 12.5. The van der Waals surface area contributed by atoms with Gasteiger partial charge in [0.1, 0.15) is 0 Å². The van der Waals surface area contributed by atoms with E-state index < -0.39 is 0 Å². The van der Waals surface area contributed by atoms with E-state index in [9.17, 15) is 0 Å². The van der Waals surface area contributed by atoms with Gasteiger partial charge in [0, 0.05) is 23.7 Å². The molecule has 0 saturated heterocycles. The molecule has 1 aromatic rings. The molecule has 1 aromatic carbocycles. The molecule has 0 aliphatic rings. The fraction of sp³-hybridized carbons (Fsp3) is 0.538. The number of thioether (sulfide) groups is 1. The van der Waals surface area contributed by atoms with Gasteiger partial charge < -0.3 is 15.8 Å². The molecule has 17 heavy (non-hydrogen) atoms. The van der Waals surface area contributed by atoms with Crippen molar-refractivity contribution in [2.24, 2.45) is 5.73 Å². The van der Waals surface area contributed by atoms with Crippen molar-refractivity contribution in [1.82, 2.24) is 0 Å². The van der Waals surface area contributed by atoms with Crippen LogP contribution in [0.2, 0.25) is 0 Å². The smallest absolute Gasteiger partial charge is 0.0664 e. The van der Waals surface area contributed by atoms with Gasteiger partial charge >= 0.3 is 0 Å². The van der Waals surface area contributed by atoms with Gasteiger partial charge in [0.25, 0.3) is 0 Å². The summed E-state index contributed by atoms with van der Waals surface area (Å²) >= 11 is 1.75. The normalized spacial score (nSPS) is 12.4. The van der Waals surface area contributed by atoms with Crippen molar-refractivity contribution in [2.45, 2.75) is 23.8 Å². The summed E-state index contributed by atoms with van der Waals surface area (Å²) in [6, 6.07) is 8.80. The summed E-state index contributed by atoms with van der Waals surface area (Å²) in [6.45, 7) is 1.44. The van der Waals surface area contributed by atoms with Crippen LogP contribution < -0.4 is 11.1 Å². The Morgan fingerprint density at radius 1 is 1.35 bits per heavy atom. The molecule has 0 aromatic heterocycles. The van der Waals surface area contributed by atoms with E-state index in [-0.39, 0.29) is 0 Å². The predicted octanol–water partition coefficient (Wildman–Crippen LogP) is 2.57. The lowest BCUT2D eigenvalue weighted by Gasteiger charge is -2.19. The number of benzene rings is 1. The van der Waals surface area contributed by atoms with E-state index in [0.717, 1.165) is 25.1 Å². The highest BCUT2D eigenvalue weighted by molar-refractivity contribution is 7.98. The summed E-state index contributed by atoms with van der Waals surface area (Å²) in [6.07, 6.45) is 4.13. The molecule has 0 aliphatic heterocycles. The third-order valence-corrected chi connectivity index (χ3v) is 3.33. The molecular formula is C13H22N2OS. The van der Waals surface area contributed by atoms with E-state index in [0.29, 0.717) is 12.6 Å². The minimum atomic E-state index is 0.337. The Morgan fingerprint density at radius 3 is 2.59 bits per heavy atom. The van der Waals surface area contributed by atoms with E-state index in [1.165, 1.54) is 4.90 Å². The van der Waals surface area contributed by atoms with Gasteiger partial charge in [-0.2, -0.15) is 0 Å². The van der Waals surface area contributed by atoms with Gasteiger partial charge in [0.15, 0.2) is 0 Å². The molecule has 3 nitrogen and oxygen atoms in total. The maximum absolute atomic E-state index is 5.53. The van der Waals surface area contributed by atoms with E-state index in [2.05, 4.69) is 35.8 Å². The lowest BCUT2D eigenvalue weighted by Crippen LogP contribution is -2.25. The van der Waals surface area contributed by atoms with Crippen molar-refractivity contribution >= 4 is 17.4 Å². The molecule has 0 heterocycles. The minimum absolute atomic E-state index is 0.337. The number of hydrogen-bond donors (Lipinski definition) is 2. The van der Waals surface area contributed by atoms with E-state index in [1.54, 1.807) is 18.9 Å². The lowest BCUT2D eigenvalue weighted by atomic mass is 10.1. The number of nitrogens with one attached hydrogen (secondary N) is 1. The highest BCUT2D eigenvalue weighted by atomic mass is 32.2. The van der Waals surface area contributed by atoms with Crippen LogP contribution in [0.3, 0.4) is 0 Å². The van der Waals surface area contributed by atoms with Crippen molar-refractivity contribution in [3.8, 4) is 0 Å². The molecule has 96 valence electrons. The van der Waals surface area contributed by atoms with Crippen molar-refractivity contribution in [3.05, 3.63) is 24.3 Å². The highest BCUT2D eigenvalue weighted by Gasteiger charge is 2.07. The third-order valence-electron chi connectivity index (χ3n) is 2.59. The largest absolute Gasteiger partial charge is 0.383 e. The molecule has 1 unspecified atom stereocenters. The Bertz CT molecular complexity index is 303. The van der Waals surface area contributed by atoms with E-state index in [4.69, 9.17) is 10.5 Å². The molecule has 4 heteroatoms. The molecule has 0 radical (unpaired) electrons. The average molecular weight is 254 g/mol. The second-order valence-corrected chi connectivity index (χ2v) is 4.84. The quantitative estimate of drug-likeness (QED) is 0.700. The van der Waals surface area contributed by atoms with Crippen molar-refractivity contribution < 1.29 is 4.74 Å². The topological polar surface area (TPSA) is 47.3 Å². The zero-order valence-electron chi connectivity index (χ0n) is 10.6. The van der Waals surface area contributed by atoms with E-state index in [1.807, 2.05) is 0 Å². The minimum Gasteiger partial charge on any atom is -0.383 e. The third kappa shape index (κ3) is 5.44. The van der Waals surface area contributed by atoms with Crippen molar-refractivity contribution in [1.29, 1.82) is 0 Å². The van der Waals surface area contributed by atoms with Gasteiger partial charge in [-0.15, -0.1) is 11.8 Å². The van der Waals surface area contributed by atoms with Crippen molar-refractivity contribution in [2.75, 3.05) is 31.8 Å². The number of ether oxygens (including phenoxy) is 1. The van der Waals surface area contributed by atoms with Crippen LogP contribution in [-0.4, -0.2) is 32.6 Å². The first-order chi connectivity index (χ1) is 8.30. The average Bonchev–Trinajstić information content (AvgIpc) is 2.37. The predicted molar refractivity (Wildman–Crippen MR) is 75.8 cm³/mol. The molecule has 0 saturated carbocycles.